The van der Waals surface area contributed by atoms with E-state index >= 15 is 0 Å². The zero-order valence-corrected chi connectivity index (χ0v) is 16.3. The van der Waals surface area contributed by atoms with Crippen LogP contribution in [0.25, 0.3) is 0 Å². The molecule has 0 radical (unpaired) electrons. The van der Waals surface area contributed by atoms with Crippen molar-refractivity contribution in [3.05, 3.63) is 59.9 Å². The molecule has 0 atom stereocenters. The number of sulfonamides is 1. The van der Waals surface area contributed by atoms with E-state index in [9.17, 15) is 17.6 Å². The van der Waals surface area contributed by atoms with Gasteiger partial charge in [0.25, 0.3) is 15.9 Å². The van der Waals surface area contributed by atoms with Crippen LogP contribution in [0.5, 0.6) is 0 Å². The molecule has 0 saturated heterocycles. The van der Waals surface area contributed by atoms with E-state index in [-0.39, 0.29) is 16.1 Å². The minimum Gasteiger partial charge on any atom is -0.382 e. The van der Waals surface area contributed by atoms with Crippen LogP contribution in [0.1, 0.15) is 16.8 Å². The summed E-state index contributed by atoms with van der Waals surface area (Å²) < 4.78 is 51.0. The second-order valence-electron chi connectivity index (χ2n) is 5.83. The Morgan fingerprint density at radius 2 is 1.86 bits per heavy atom. The van der Waals surface area contributed by atoms with Gasteiger partial charge in [-0.1, -0.05) is 18.2 Å². The van der Waals surface area contributed by atoms with E-state index in [1.54, 1.807) is 7.11 Å². The Labute approximate surface area is 163 Å². The molecule has 0 aliphatic rings. The topological polar surface area (TPSA) is 93.7 Å². The molecular formula is C19H23FN2O5S. The normalized spacial score (nSPS) is 11.2. The summed E-state index contributed by atoms with van der Waals surface area (Å²) in [4.78, 5) is 12.1. The summed E-state index contributed by atoms with van der Waals surface area (Å²) >= 11 is 0. The zero-order chi connectivity index (χ0) is 20.4. The summed E-state index contributed by atoms with van der Waals surface area (Å²) in [6.45, 7) is 1.86. The van der Waals surface area contributed by atoms with Crippen LogP contribution < -0.4 is 10.0 Å². The molecule has 0 unspecified atom stereocenters. The summed E-state index contributed by atoms with van der Waals surface area (Å²) in [5.74, 6) is -1.09. The molecule has 0 aliphatic heterocycles. The smallest absolute Gasteiger partial charge is 0.262 e. The molecule has 2 aromatic carbocycles. The van der Waals surface area contributed by atoms with Gasteiger partial charge in [0, 0.05) is 25.8 Å². The van der Waals surface area contributed by atoms with Gasteiger partial charge >= 0.3 is 0 Å². The van der Waals surface area contributed by atoms with Gasteiger partial charge < -0.3 is 14.8 Å². The number of para-hydroxylation sites is 1. The molecule has 2 aromatic rings. The van der Waals surface area contributed by atoms with Crippen LogP contribution in [0.3, 0.4) is 0 Å². The van der Waals surface area contributed by atoms with Crippen molar-refractivity contribution >= 4 is 21.6 Å². The lowest BCUT2D eigenvalue weighted by Gasteiger charge is -2.10. The predicted molar refractivity (Wildman–Crippen MR) is 103 cm³/mol. The molecule has 0 fully saturated rings. The number of carbonyl (C=O) groups excluding carboxylic acids is 1. The summed E-state index contributed by atoms with van der Waals surface area (Å²) in [7, 11) is -2.44. The second-order valence-corrected chi connectivity index (χ2v) is 7.51. The van der Waals surface area contributed by atoms with Crippen molar-refractivity contribution in [3.63, 3.8) is 0 Å². The van der Waals surface area contributed by atoms with E-state index < -0.39 is 21.7 Å². The third kappa shape index (κ3) is 6.59. The Morgan fingerprint density at radius 3 is 2.61 bits per heavy atom. The Hall–Kier alpha value is -2.49. The maximum atomic E-state index is 13.7. The largest absolute Gasteiger partial charge is 0.382 e. The monoisotopic (exact) mass is 410 g/mol. The number of amides is 1. The van der Waals surface area contributed by atoms with Crippen molar-refractivity contribution < 1.29 is 27.1 Å². The SMILES string of the molecule is COCCOCCCNC(=O)c1cccc(S(=O)(=O)Nc2ccccc2F)c1. The number of rotatable bonds is 11. The maximum Gasteiger partial charge on any atom is 0.262 e. The molecule has 2 rings (SSSR count). The highest BCUT2D eigenvalue weighted by molar-refractivity contribution is 7.92. The van der Waals surface area contributed by atoms with Gasteiger partial charge in [-0.15, -0.1) is 0 Å². The lowest BCUT2D eigenvalue weighted by atomic mass is 10.2. The van der Waals surface area contributed by atoms with Gasteiger partial charge in [0.05, 0.1) is 23.8 Å². The highest BCUT2D eigenvalue weighted by atomic mass is 32.2. The van der Waals surface area contributed by atoms with E-state index in [1.165, 1.54) is 42.5 Å². The third-order valence-electron chi connectivity index (χ3n) is 3.71. The van der Waals surface area contributed by atoms with E-state index in [4.69, 9.17) is 9.47 Å². The Balaban J connectivity index is 1.95. The van der Waals surface area contributed by atoms with Gasteiger partial charge in [-0.2, -0.15) is 0 Å². The molecule has 0 saturated carbocycles. The van der Waals surface area contributed by atoms with Crippen molar-refractivity contribution in [2.24, 2.45) is 0 Å². The number of nitrogens with one attached hydrogen (secondary N) is 2. The lowest BCUT2D eigenvalue weighted by molar-refractivity contribution is 0.0688. The van der Waals surface area contributed by atoms with Crippen LogP contribution in [0.2, 0.25) is 0 Å². The van der Waals surface area contributed by atoms with Gasteiger partial charge in [0.15, 0.2) is 0 Å². The Bertz CT molecular complexity index is 889. The first-order chi connectivity index (χ1) is 13.4. The van der Waals surface area contributed by atoms with Crippen LogP contribution in [-0.4, -0.2) is 47.8 Å². The fourth-order valence-electron chi connectivity index (χ4n) is 2.27. The zero-order valence-electron chi connectivity index (χ0n) is 15.5. The predicted octanol–water partition coefficient (Wildman–Crippen LogP) is 2.41. The van der Waals surface area contributed by atoms with Gasteiger partial charge in [-0.25, -0.2) is 12.8 Å². The summed E-state index contributed by atoms with van der Waals surface area (Å²) in [6.07, 6.45) is 0.613. The lowest BCUT2D eigenvalue weighted by Crippen LogP contribution is -2.25. The molecule has 7 nitrogen and oxygen atoms in total. The van der Waals surface area contributed by atoms with Crippen molar-refractivity contribution in [2.75, 3.05) is 38.2 Å². The summed E-state index contributed by atoms with van der Waals surface area (Å²) in [5, 5.41) is 2.70. The van der Waals surface area contributed by atoms with E-state index in [0.717, 1.165) is 6.07 Å². The first-order valence-electron chi connectivity index (χ1n) is 8.66. The van der Waals surface area contributed by atoms with Crippen molar-refractivity contribution in [2.45, 2.75) is 11.3 Å². The van der Waals surface area contributed by atoms with Crippen molar-refractivity contribution in [3.8, 4) is 0 Å². The highest BCUT2D eigenvalue weighted by Crippen LogP contribution is 2.19. The molecule has 9 heteroatoms. The van der Waals surface area contributed by atoms with Gasteiger partial charge in [-0.3, -0.25) is 9.52 Å². The van der Waals surface area contributed by atoms with Crippen molar-refractivity contribution in [1.29, 1.82) is 0 Å². The molecule has 0 heterocycles. The number of ether oxygens (including phenoxy) is 2. The molecular weight excluding hydrogens is 387 g/mol. The van der Waals surface area contributed by atoms with Gasteiger partial charge in [-0.05, 0) is 36.8 Å². The summed E-state index contributed by atoms with van der Waals surface area (Å²) in [5.41, 5.74) is 0.0301. The Kier molecular flexibility index (Phi) is 8.37. The fourth-order valence-corrected chi connectivity index (χ4v) is 3.39. The average Bonchev–Trinajstić information content (AvgIpc) is 2.69. The first kappa shape index (κ1) is 21.8. The quantitative estimate of drug-likeness (QED) is 0.555. The number of methoxy groups -OCH3 is 1. The first-order valence-corrected chi connectivity index (χ1v) is 10.1. The van der Waals surface area contributed by atoms with E-state index in [1.807, 2.05) is 0 Å². The molecule has 0 spiro atoms. The fraction of sp³-hybridized carbons (Fsp3) is 0.316. The van der Waals surface area contributed by atoms with Crippen molar-refractivity contribution in [1.82, 2.24) is 5.32 Å². The average molecular weight is 410 g/mol. The van der Waals surface area contributed by atoms with Gasteiger partial charge in [0.1, 0.15) is 5.82 Å². The maximum absolute atomic E-state index is 13.7. The van der Waals surface area contributed by atoms with Crippen LogP contribution in [-0.2, 0) is 19.5 Å². The second kappa shape index (κ2) is 10.7. The minimum absolute atomic E-state index is 0.133. The van der Waals surface area contributed by atoms with Crippen LogP contribution in [0.4, 0.5) is 10.1 Å². The number of carbonyl (C=O) groups is 1. The third-order valence-corrected chi connectivity index (χ3v) is 5.07. The Morgan fingerprint density at radius 1 is 1.07 bits per heavy atom. The molecule has 0 bridgehead atoms. The van der Waals surface area contributed by atoms with Crippen LogP contribution in [0.15, 0.2) is 53.4 Å². The number of halogens is 1. The highest BCUT2D eigenvalue weighted by Gasteiger charge is 2.18. The number of anilines is 1. The van der Waals surface area contributed by atoms with Crippen LogP contribution >= 0.6 is 0 Å². The number of hydrogen-bond donors (Lipinski definition) is 2. The van der Waals surface area contributed by atoms with E-state index in [2.05, 4.69) is 10.0 Å². The molecule has 0 aliphatic carbocycles. The minimum atomic E-state index is -4.03. The van der Waals surface area contributed by atoms with Crippen LogP contribution in [0, 0.1) is 5.82 Å². The standard InChI is InChI=1S/C19H23FN2O5S/c1-26-12-13-27-11-5-10-21-19(23)15-6-4-7-16(14-15)28(24,25)22-18-9-3-2-8-17(18)20/h2-4,6-9,14,22H,5,10-13H2,1H3,(H,21,23). The molecule has 1 amide bonds. The molecule has 0 aromatic heterocycles. The summed E-state index contributed by atoms with van der Waals surface area (Å²) in [6, 6.07) is 11.0. The molecule has 2 N–H and O–H groups in total. The van der Waals surface area contributed by atoms with Gasteiger partial charge in [0.2, 0.25) is 0 Å². The number of hydrogen-bond acceptors (Lipinski definition) is 5. The number of benzene rings is 2. The van der Waals surface area contributed by atoms with E-state index in [0.29, 0.717) is 32.8 Å². The molecule has 152 valence electrons. The molecule has 28 heavy (non-hydrogen) atoms.